The fourth-order valence-corrected chi connectivity index (χ4v) is 2.34. The van der Waals surface area contributed by atoms with Crippen LogP contribution in [0.15, 0.2) is 0 Å². The van der Waals surface area contributed by atoms with Crippen LogP contribution in [0.5, 0.6) is 0 Å². The van der Waals surface area contributed by atoms with Crippen molar-refractivity contribution in [2.45, 2.75) is 38.3 Å². The van der Waals surface area contributed by atoms with Crippen molar-refractivity contribution in [1.82, 2.24) is 4.90 Å². The Bertz CT molecular complexity index is 213. The zero-order chi connectivity index (χ0) is 9.47. The fraction of sp³-hybridized carbons (Fsp3) is 0.900. The highest BCUT2D eigenvalue weighted by atomic mass is 19.1. The van der Waals surface area contributed by atoms with Crippen LogP contribution in [0.4, 0.5) is 4.39 Å². The number of amides is 1. The first-order valence-electron chi connectivity index (χ1n) is 5.06. The maximum atomic E-state index is 13.1. The standard InChI is InChI=1S/C10H16FNO/c1-10(11)6-12(7-10)9(13)8-4-2-3-5-8/h8H,2-7H2,1H3. The Hall–Kier alpha value is -0.600. The predicted octanol–water partition coefficient (Wildman–Crippen LogP) is 1.75. The number of halogens is 1. The van der Waals surface area contributed by atoms with Crippen LogP contribution in [-0.4, -0.2) is 29.6 Å². The Kier molecular flexibility index (Phi) is 2.05. The van der Waals surface area contributed by atoms with Gasteiger partial charge in [-0.3, -0.25) is 4.79 Å². The summed E-state index contributed by atoms with van der Waals surface area (Å²) in [7, 11) is 0. The lowest BCUT2D eigenvalue weighted by Crippen LogP contribution is -2.60. The minimum atomic E-state index is -1.12. The van der Waals surface area contributed by atoms with Crippen molar-refractivity contribution in [3.8, 4) is 0 Å². The number of carbonyl (C=O) groups is 1. The molecule has 0 bridgehead atoms. The molecule has 0 aromatic carbocycles. The van der Waals surface area contributed by atoms with Gasteiger partial charge in [0.1, 0.15) is 5.67 Å². The molecule has 0 unspecified atom stereocenters. The van der Waals surface area contributed by atoms with Gasteiger partial charge in [0, 0.05) is 5.92 Å². The summed E-state index contributed by atoms with van der Waals surface area (Å²) < 4.78 is 13.1. The normalized spacial score (nSPS) is 27.4. The van der Waals surface area contributed by atoms with Crippen molar-refractivity contribution in [2.75, 3.05) is 13.1 Å². The monoisotopic (exact) mass is 185 g/mol. The SMILES string of the molecule is CC1(F)CN(C(=O)C2CCCC2)C1. The lowest BCUT2D eigenvalue weighted by Gasteiger charge is -2.43. The Morgan fingerprint density at radius 1 is 1.38 bits per heavy atom. The molecule has 0 atom stereocenters. The van der Waals surface area contributed by atoms with Gasteiger partial charge in [-0.15, -0.1) is 0 Å². The van der Waals surface area contributed by atoms with Gasteiger partial charge in [0.05, 0.1) is 13.1 Å². The molecule has 1 amide bonds. The third-order valence-corrected chi connectivity index (χ3v) is 3.06. The fourth-order valence-electron chi connectivity index (χ4n) is 2.34. The molecule has 13 heavy (non-hydrogen) atoms. The minimum absolute atomic E-state index is 0.188. The molecule has 1 heterocycles. The van der Waals surface area contributed by atoms with Gasteiger partial charge >= 0.3 is 0 Å². The van der Waals surface area contributed by atoms with Crippen LogP contribution in [0.1, 0.15) is 32.6 Å². The third kappa shape index (κ3) is 1.69. The molecular weight excluding hydrogens is 169 g/mol. The molecule has 1 aliphatic carbocycles. The molecule has 2 aliphatic rings. The first kappa shape index (κ1) is 8.97. The summed E-state index contributed by atoms with van der Waals surface area (Å²) in [5.41, 5.74) is -1.12. The van der Waals surface area contributed by atoms with Crippen molar-refractivity contribution >= 4 is 5.91 Å². The van der Waals surface area contributed by atoms with E-state index in [1.54, 1.807) is 11.8 Å². The van der Waals surface area contributed by atoms with Crippen molar-refractivity contribution in [1.29, 1.82) is 0 Å². The second-order valence-corrected chi connectivity index (χ2v) is 4.59. The maximum absolute atomic E-state index is 13.1. The molecule has 74 valence electrons. The van der Waals surface area contributed by atoms with E-state index < -0.39 is 5.67 Å². The lowest BCUT2D eigenvalue weighted by atomic mass is 9.95. The van der Waals surface area contributed by atoms with Crippen LogP contribution >= 0.6 is 0 Å². The number of likely N-dealkylation sites (tertiary alicyclic amines) is 1. The minimum Gasteiger partial charge on any atom is -0.336 e. The van der Waals surface area contributed by atoms with Crippen molar-refractivity contribution in [3.05, 3.63) is 0 Å². The zero-order valence-corrected chi connectivity index (χ0v) is 8.05. The summed E-state index contributed by atoms with van der Waals surface area (Å²) in [6.07, 6.45) is 4.35. The smallest absolute Gasteiger partial charge is 0.225 e. The van der Waals surface area contributed by atoms with Crippen LogP contribution in [0.3, 0.4) is 0 Å². The van der Waals surface area contributed by atoms with Crippen molar-refractivity contribution < 1.29 is 9.18 Å². The molecular formula is C10H16FNO. The number of hydrogen-bond donors (Lipinski definition) is 0. The Morgan fingerprint density at radius 3 is 2.38 bits per heavy atom. The first-order chi connectivity index (χ1) is 6.08. The average molecular weight is 185 g/mol. The molecule has 3 heteroatoms. The number of alkyl halides is 1. The molecule has 0 N–H and O–H groups in total. The van der Waals surface area contributed by atoms with Crippen molar-refractivity contribution in [3.63, 3.8) is 0 Å². The van der Waals surface area contributed by atoms with E-state index in [-0.39, 0.29) is 11.8 Å². The van der Waals surface area contributed by atoms with Gasteiger partial charge in [-0.2, -0.15) is 0 Å². The summed E-state index contributed by atoms with van der Waals surface area (Å²) in [6.45, 7) is 2.18. The highest BCUT2D eigenvalue weighted by molar-refractivity contribution is 5.80. The van der Waals surface area contributed by atoms with Gasteiger partial charge in [-0.1, -0.05) is 12.8 Å². The van der Waals surface area contributed by atoms with E-state index in [0.29, 0.717) is 13.1 Å². The number of rotatable bonds is 1. The number of nitrogens with zero attached hydrogens (tertiary/aromatic N) is 1. The summed E-state index contributed by atoms with van der Waals surface area (Å²) in [5, 5.41) is 0. The molecule has 0 aromatic heterocycles. The summed E-state index contributed by atoms with van der Waals surface area (Å²) in [5.74, 6) is 0.392. The molecule has 1 saturated heterocycles. The van der Waals surface area contributed by atoms with E-state index in [2.05, 4.69) is 0 Å². The molecule has 2 nitrogen and oxygen atoms in total. The summed E-state index contributed by atoms with van der Waals surface area (Å²) >= 11 is 0. The van der Waals surface area contributed by atoms with Crippen molar-refractivity contribution in [2.24, 2.45) is 5.92 Å². The topological polar surface area (TPSA) is 20.3 Å². The lowest BCUT2D eigenvalue weighted by molar-refractivity contribution is -0.148. The molecule has 1 aliphatic heterocycles. The highest BCUT2D eigenvalue weighted by Gasteiger charge is 2.43. The molecule has 2 fully saturated rings. The highest BCUT2D eigenvalue weighted by Crippen LogP contribution is 2.31. The zero-order valence-electron chi connectivity index (χ0n) is 8.05. The molecule has 0 spiro atoms. The van der Waals surface area contributed by atoms with Crippen LogP contribution in [-0.2, 0) is 4.79 Å². The van der Waals surface area contributed by atoms with Gasteiger partial charge in [0.2, 0.25) is 5.91 Å². The van der Waals surface area contributed by atoms with E-state index in [9.17, 15) is 9.18 Å². The Balaban J connectivity index is 1.85. The Labute approximate surface area is 78.1 Å². The van der Waals surface area contributed by atoms with E-state index in [1.807, 2.05) is 0 Å². The van der Waals surface area contributed by atoms with Gasteiger partial charge in [0.15, 0.2) is 0 Å². The van der Waals surface area contributed by atoms with E-state index in [4.69, 9.17) is 0 Å². The molecule has 0 aromatic rings. The van der Waals surface area contributed by atoms with E-state index >= 15 is 0 Å². The van der Waals surface area contributed by atoms with Crippen LogP contribution < -0.4 is 0 Å². The van der Waals surface area contributed by atoms with Gasteiger partial charge in [-0.05, 0) is 19.8 Å². The molecule has 0 radical (unpaired) electrons. The average Bonchev–Trinajstić information content (AvgIpc) is 2.50. The van der Waals surface area contributed by atoms with E-state index in [1.165, 1.54) is 0 Å². The second-order valence-electron chi connectivity index (χ2n) is 4.59. The largest absolute Gasteiger partial charge is 0.336 e. The van der Waals surface area contributed by atoms with Gasteiger partial charge < -0.3 is 4.90 Å². The van der Waals surface area contributed by atoms with E-state index in [0.717, 1.165) is 25.7 Å². The Morgan fingerprint density at radius 2 is 1.92 bits per heavy atom. The van der Waals surface area contributed by atoms with Gasteiger partial charge in [-0.25, -0.2) is 4.39 Å². The number of carbonyl (C=O) groups excluding carboxylic acids is 1. The van der Waals surface area contributed by atoms with Crippen LogP contribution in [0.25, 0.3) is 0 Å². The predicted molar refractivity (Wildman–Crippen MR) is 48.1 cm³/mol. The maximum Gasteiger partial charge on any atom is 0.225 e. The first-order valence-corrected chi connectivity index (χ1v) is 5.06. The second kappa shape index (κ2) is 2.96. The van der Waals surface area contributed by atoms with Gasteiger partial charge in [0.25, 0.3) is 0 Å². The molecule has 1 saturated carbocycles. The quantitative estimate of drug-likeness (QED) is 0.609. The molecule has 2 rings (SSSR count). The van der Waals surface area contributed by atoms with Crippen LogP contribution in [0, 0.1) is 5.92 Å². The third-order valence-electron chi connectivity index (χ3n) is 3.06. The summed E-state index contributed by atoms with van der Waals surface area (Å²) in [6, 6.07) is 0. The van der Waals surface area contributed by atoms with Crippen LogP contribution in [0.2, 0.25) is 0 Å². The summed E-state index contributed by atoms with van der Waals surface area (Å²) in [4.78, 5) is 13.3. The number of hydrogen-bond acceptors (Lipinski definition) is 1.